The third-order valence-electron chi connectivity index (χ3n) is 4.83. The van der Waals surface area contributed by atoms with Crippen LogP contribution in [-0.2, 0) is 19.4 Å². The summed E-state index contributed by atoms with van der Waals surface area (Å²) in [6.45, 7) is 3.20. The fourth-order valence-electron chi connectivity index (χ4n) is 3.36. The second-order valence-corrected chi connectivity index (χ2v) is 9.72. The molecule has 8 heteroatoms. The van der Waals surface area contributed by atoms with Crippen molar-refractivity contribution in [2.45, 2.75) is 24.8 Å². The number of carbonyl (C=O) groups excluding carboxylic acids is 2. The average Bonchev–Trinajstić information content (AvgIpc) is 2.78. The molecule has 0 saturated heterocycles. The third kappa shape index (κ3) is 6.20. The molecule has 0 aliphatic heterocycles. The van der Waals surface area contributed by atoms with E-state index < -0.39 is 28.3 Å². The molecule has 3 rings (SSSR count). The number of ether oxygens (including phenoxy) is 1. The number of sulfone groups is 1. The first-order valence-electron chi connectivity index (χ1n) is 10.4. The number of hydrogen-bond acceptors (Lipinski definition) is 6. The highest BCUT2D eigenvalue weighted by molar-refractivity contribution is 7.90. The van der Waals surface area contributed by atoms with Crippen molar-refractivity contribution in [2.24, 2.45) is 0 Å². The smallest absolute Gasteiger partial charge is 0.339 e. The molecule has 0 fully saturated rings. The molecule has 0 unspecified atom stereocenters. The Morgan fingerprint density at radius 2 is 1.45 bits per heavy atom. The average molecular weight is 467 g/mol. The van der Waals surface area contributed by atoms with E-state index in [4.69, 9.17) is 4.74 Å². The van der Waals surface area contributed by atoms with Gasteiger partial charge in [0.1, 0.15) is 0 Å². The van der Waals surface area contributed by atoms with E-state index in [0.717, 1.165) is 17.6 Å². The van der Waals surface area contributed by atoms with Crippen LogP contribution in [0.3, 0.4) is 0 Å². The SMILES string of the molecule is CC(C)N(C(=O)COC(=O)c1ccccc1S(C)(=O)=O)c1ccc(Nc2ccccc2)cc1. The standard InChI is InChI=1S/C25H26N2O5S/c1-18(2)27(21-15-13-20(14-16-21)26-19-9-5-4-6-10-19)24(28)17-32-25(29)22-11-7-8-12-23(22)33(3,30)31/h4-16,18,26H,17H2,1-3H3. The van der Waals surface area contributed by atoms with Crippen LogP contribution in [0, 0.1) is 0 Å². The molecule has 7 nitrogen and oxygen atoms in total. The summed E-state index contributed by atoms with van der Waals surface area (Å²) >= 11 is 0. The van der Waals surface area contributed by atoms with E-state index in [1.807, 2.05) is 68.4 Å². The number of amides is 1. The summed E-state index contributed by atoms with van der Waals surface area (Å²) in [4.78, 5) is 26.8. The van der Waals surface area contributed by atoms with Gasteiger partial charge in [-0.2, -0.15) is 0 Å². The van der Waals surface area contributed by atoms with Crippen LogP contribution in [-0.4, -0.2) is 39.2 Å². The highest BCUT2D eigenvalue weighted by Gasteiger charge is 2.23. The first kappa shape index (κ1) is 24.0. The summed E-state index contributed by atoms with van der Waals surface area (Å²) in [7, 11) is -3.62. The molecule has 0 aliphatic rings. The van der Waals surface area contributed by atoms with E-state index in [0.29, 0.717) is 5.69 Å². The van der Waals surface area contributed by atoms with Crippen LogP contribution in [0.1, 0.15) is 24.2 Å². The van der Waals surface area contributed by atoms with Crippen LogP contribution in [0.15, 0.2) is 83.8 Å². The lowest BCUT2D eigenvalue weighted by Crippen LogP contribution is -2.40. The van der Waals surface area contributed by atoms with Gasteiger partial charge in [-0.05, 0) is 62.4 Å². The molecule has 3 aromatic rings. The zero-order chi connectivity index (χ0) is 24.0. The number of esters is 1. The van der Waals surface area contributed by atoms with E-state index in [-0.39, 0.29) is 16.5 Å². The van der Waals surface area contributed by atoms with Crippen molar-refractivity contribution in [3.05, 3.63) is 84.4 Å². The van der Waals surface area contributed by atoms with Crippen molar-refractivity contribution in [3.63, 3.8) is 0 Å². The van der Waals surface area contributed by atoms with E-state index in [1.165, 1.54) is 23.1 Å². The molecule has 1 amide bonds. The van der Waals surface area contributed by atoms with Gasteiger partial charge in [-0.25, -0.2) is 13.2 Å². The van der Waals surface area contributed by atoms with Crippen LogP contribution in [0.25, 0.3) is 0 Å². The van der Waals surface area contributed by atoms with Gasteiger partial charge in [0.2, 0.25) is 0 Å². The van der Waals surface area contributed by atoms with Crippen LogP contribution >= 0.6 is 0 Å². The van der Waals surface area contributed by atoms with Gasteiger partial charge in [0.05, 0.1) is 10.5 Å². The zero-order valence-electron chi connectivity index (χ0n) is 18.7. The first-order chi connectivity index (χ1) is 15.7. The molecule has 0 saturated carbocycles. The predicted molar refractivity (Wildman–Crippen MR) is 129 cm³/mol. The largest absolute Gasteiger partial charge is 0.452 e. The van der Waals surface area contributed by atoms with Crippen molar-refractivity contribution in [3.8, 4) is 0 Å². The van der Waals surface area contributed by atoms with Gasteiger partial charge in [-0.1, -0.05) is 30.3 Å². The van der Waals surface area contributed by atoms with Crippen molar-refractivity contribution in [1.29, 1.82) is 0 Å². The molecule has 0 aromatic heterocycles. The molecule has 0 atom stereocenters. The fourth-order valence-corrected chi connectivity index (χ4v) is 4.23. The Hall–Kier alpha value is -3.65. The molecule has 33 heavy (non-hydrogen) atoms. The Morgan fingerprint density at radius 3 is 2.06 bits per heavy atom. The van der Waals surface area contributed by atoms with Crippen molar-refractivity contribution in [2.75, 3.05) is 23.1 Å². The molecule has 0 aliphatic carbocycles. The molecular formula is C25H26N2O5S. The van der Waals surface area contributed by atoms with Gasteiger partial charge >= 0.3 is 5.97 Å². The lowest BCUT2D eigenvalue weighted by molar-refractivity contribution is -0.122. The Kier molecular flexibility index (Phi) is 7.50. The number of nitrogens with one attached hydrogen (secondary N) is 1. The normalized spacial score (nSPS) is 11.2. The minimum atomic E-state index is -3.62. The van der Waals surface area contributed by atoms with E-state index in [2.05, 4.69) is 5.32 Å². The van der Waals surface area contributed by atoms with Crippen LogP contribution in [0.2, 0.25) is 0 Å². The topological polar surface area (TPSA) is 92.8 Å². The van der Waals surface area contributed by atoms with E-state index in [1.54, 1.807) is 6.07 Å². The molecule has 0 spiro atoms. The van der Waals surface area contributed by atoms with E-state index >= 15 is 0 Å². The Balaban J connectivity index is 1.70. The maximum absolute atomic E-state index is 12.9. The summed E-state index contributed by atoms with van der Waals surface area (Å²) in [5.41, 5.74) is 2.37. The molecule has 0 heterocycles. The molecule has 3 aromatic carbocycles. The zero-order valence-corrected chi connectivity index (χ0v) is 19.5. The summed E-state index contributed by atoms with van der Waals surface area (Å²) in [6, 6.07) is 22.6. The second kappa shape index (κ2) is 10.3. The third-order valence-corrected chi connectivity index (χ3v) is 5.98. The number of benzene rings is 3. The quantitative estimate of drug-likeness (QED) is 0.494. The van der Waals surface area contributed by atoms with E-state index in [9.17, 15) is 18.0 Å². The molecule has 172 valence electrons. The molecule has 0 bridgehead atoms. The number of nitrogens with zero attached hydrogens (tertiary/aromatic N) is 1. The van der Waals surface area contributed by atoms with Crippen LogP contribution in [0.5, 0.6) is 0 Å². The summed E-state index contributed by atoms with van der Waals surface area (Å²) in [5, 5.41) is 3.28. The number of carbonyl (C=O) groups is 2. The highest BCUT2D eigenvalue weighted by Crippen LogP contribution is 2.23. The second-order valence-electron chi connectivity index (χ2n) is 7.74. The maximum Gasteiger partial charge on any atom is 0.339 e. The van der Waals surface area contributed by atoms with Crippen molar-refractivity contribution in [1.82, 2.24) is 0 Å². The Bertz CT molecular complexity index is 1220. The summed E-state index contributed by atoms with van der Waals surface area (Å²) in [5.74, 6) is -1.28. The summed E-state index contributed by atoms with van der Waals surface area (Å²) in [6.07, 6.45) is 1.01. The monoisotopic (exact) mass is 466 g/mol. The Morgan fingerprint density at radius 1 is 0.879 bits per heavy atom. The lowest BCUT2D eigenvalue weighted by atomic mass is 10.2. The molecule has 1 N–H and O–H groups in total. The number of hydrogen-bond donors (Lipinski definition) is 1. The minimum absolute atomic E-state index is 0.0970. The van der Waals surface area contributed by atoms with Crippen LogP contribution < -0.4 is 10.2 Å². The van der Waals surface area contributed by atoms with Gasteiger partial charge in [-0.15, -0.1) is 0 Å². The van der Waals surface area contributed by atoms with Crippen molar-refractivity contribution < 1.29 is 22.7 Å². The minimum Gasteiger partial charge on any atom is -0.452 e. The van der Waals surface area contributed by atoms with Crippen LogP contribution in [0.4, 0.5) is 17.1 Å². The highest BCUT2D eigenvalue weighted by atomic mass is 32.2. The van der Waals surface area contributed by atoms with Gasteiger partial charge < -0.3 is 15.0 Å². The first-order valence-corrected chi connectivity index (χ1v) is 12.3. The number of rotatable bonds is 8. The van der Waals surface area contributed by atoms with Crippen molar-refractivity contribution >= 4 is 38.8 Å². The fraction of sp³-hybridized carbons (Fsp3) is 0.200. The van der Waals surface area contributed by atoms with Gasteiger partial charge in [0.25, 0.3) is 5.91 Å². The number of para-hydroxylation sites is 1. The predicted octanol–water partition coefficient (Wildman–Crippen LogP) is 4.43. The molecular weight excluding hydrogens is 440 g/mol. The van der Waals surface area contributed by atoms with Gasteiger partial charge in [-0.3, -0.25) is 4.79 Å². The molecule has 0 radical (unpaired) electrons. The summed E-state index contributed by atoms with van der Waals surface area (Å²) < 4.78 is 29.0. The van der Waals surface area contributed by atoms with Gasteiger partial charge in [0.15, 0.2) is 16.4 Å². The lowest BCUT2D eigenvalue weighted by Gasteiger charge is -2.27. The number of anilines is 3. The maximum atomic E-state index is 12.9. The Labute approximate surface area is 193 Å². The van der Waals surface area contributed by atoms with Gasteiger partial charge in [0, 0.05) is 29.4 Å².